The number of hydrogen-bond donors (Lipinski definition) is 5. The zero-order valence-electron chi connectivity index (χ0n) is 32.5. The Hall–Kier alpha value is -3.62. The minimum atomic E-state index is -2.64. The minimum absolute atomic E-state index is 0.0667. The maximum absolute atomic E-state index is 11.4. The molecule has 0 aromatic heterocycles. The van der Waals surface area contributed by atoms with Crippen LogP contribution in [0.3, 0.4) is 0 Å². The molecule has 1 atom stereocenters. The van der Waals surface area contributed by atoms with Crippen LogP contribution in [0.5, 0.6) is 0 Å². The van der Waals surface area contributed by atoms with Crippen molar-refractivity contribution in [2.45, 2.75) is 77.6 Å². The molecule has 0 aliphatic carbocycles. The maximum atomic E-state index is 11.4. The van der Waals surface area contributed by atoms with Crippen molar-refractivity contribution in [2.75, 3.05) is 26.4 Å². The molecule has 0 bridgehead atoms. The molecule has 2 amide bonds. The van der Waals surface area contributed by atoms with E-state index in [1.165, 1.54) is 34.6 Å². The van der Waals surface area contributed by atoms with Crippen LogP contribution >= 0.6 is 11.1 Å². The van der Waals surface area contributed by atoms with Crippen molar-refractivity contribution in [3.05, 3.63) is 121 Å². The summed E-state index contributed by atoms with van der Waals surface area (Å²) in [4.78, 5) is 21.6. The van der Waals surface area contributed by atoms with Gasteiger partial charge in [-0.1, -0.05) is 163 Å². The molecule has 0 spiro atoms. The molecule has 0 aliphatic rings. The van der Waals surface area contributed by atoms with Gasteiger partial charge in [-0.05, 0) is 30.8 Å². The van der Waals surface area contributed by atoms with Gasteiger partial charge in [0.1, 0.15) is 0 Å². The zero-order chi connectivity index (χ0) is 39.7. The lowest BCUT2D eigenvalue weighted by molar-refractivity contribution is -0.121. The Bertz CT molecular complexity index is 1550. The van der Waals surface area contributed by atoms with E-state index >= 15 is 0 Å². The maximum Gasteiger partial charge on any atom is 0.261 e. The van der Waals surface area contributed by atoms with Gasteiger partial charge < -0.3 is 30.4 Å². The first kappa shape index (κ1) is 45.5. The van der Waals surface area contributed by atoms with Gasteiger partial charge in [-0.3, -0.25) is 9.59 Å². The third kappa shape index (κ3) is 12.7. The fourth-order valence-corrected chi connectivity index (χ4v) is 15.0. The van der Waals surface area contributed by atoms with Gasteiger partial charge in [-0.2, -0.15) is 11.1 Å². The Morgan fingerprint density at radius 3 is 1.11 bits per heavy atom. The molecular weight excluding hydrogens is 720 g/mol. The minimum Gasteiger partial charge on any atom is -0.405 e. The van der Waals surface area contributed by atoms with E-state index in [4.69, 9.17) is 25.7 Å². The molecule has 4 aromatic carbocycles. The Labute approximate surface area is 323 Å². The van der Waals surface area contributed by atoms with Crippen LogP contribution in [0.15, 0.2) is 121 Å². The van der Waals surface area contributed by atoms with Gasteiger partial charge in [0.05, 0.1) is 38.5 Å². The predicted molar refractivity (Wildman–Crippen MR) is 224 cm³/mol. The summed E-state index contributed by atoms with van der Waals surface area (Å²) in [5.74, 6) is -0.418. The van der Waals surface area contributed by atoms with Crippen molar-refractivity contribution >= 4 is 59.3 Å². The third-order valence-corrected chi connectivity index (χ3v) is 21.1. The van der Waals surface area contributed by atoms with E-state index in [-0.39, 0.29) is 48.3 Å². The zero-order valence-corrected chi connectivity index (χ0v) is 35.2. The van der Waals surface area contributed by atoms with E-state index in [1.54, 1.807) is 0 Å². The molecule has 0 saturated carbocycles. The fraction of sp³-hybridized carbons (Fsp3) is 0.381. The summed E-state index contributed by atoms with van der Waals surface area (Å²) in [7, 11) is -4.87. The number of halogens is 1. The van der Waals surface area contributed by atoms with E-state index in [2.05, 4.69) is 125 Å². The summed E-state index contributed by atoms with van der Waals surface area (Å²) in [6, 6.07) is 40.8. The highest BCUT2D eigenvalue weighted by molar-refractivity contribution is 7.35. The fourth-order valence-electron chi connectivity index (χ4n) is 6.22. The molecule has 288 valence electrons. The first-order chi connectivity index (χ1) is 25.0. The van der Waals surface area contributed by atoms with Crippen molar-refractivity contribution < 1.29 is 29.3 Å². The average molecular weight is 780 g/mol. The number of nitrogens with one attached hydrogen (secondary N) is 2. The van der Waals surface area contributed by atoms with Crippen molar-refractivity contribution in [3.63, 3.8) is 0 Å². The SMILES string of the molecule is CC(=O)NC(CO)CO.CC(=O)NC(CO)CO[Si](c1ccccc1)(c1ccccc1)C(C)(C)C.CC(C)(C)[Si](Cl)(c1ccccc1)c1ccccc1. The lowest BCUT2D eigenvalue weighted by Crippen LogP contribution is -2.67. The lowest BCUT2D eigenvalue weighted by Gasteiger charge is -2.43. The Morgan fingerprint density at radius 1 is 0.566 bits per heavy atom. The van der Waals surface area contributed by atoms with E-state index in [1.807, 2.05) is 48.5 Å². The lowest BCUT2D eigenvalue weighted by atomic mass is 10.2. The first-order valence-corrected chi connectivity index (χ1v) is 22.8. The number of carbonyl (C=O) groups excluding carboxylic acids is 2. The Balaban J connectivity index is 0.000000310. The molecular formula is C42H59ClN2O6Si2. The molecule has 0 heterocycles. The highest BCUT2D eigenvalue weighted by Crippen LogP contribution is 2.38. The van der Waals surface area contributed by atoms with Gasteiger partial charge in [0.2, 0.25) is 19.2 Å². The second-order valence-corrected chi connectivity index (χ2v) is 24.9. The standard InChI is InChI=1S/C21H29NO3Si.C16H19ClSi.C5H11NO3/c1-17(24)22-18(15-23)16-25-26(21(2,3)4,19-11-7-5-8-12-19)20-13-9-6-10-14-20;1-16(2,3)18(17,14-10-6-4-7-11-14)15-12-8-5-9-13-15;1-4(9)6-5(2-7)3-8/h5-14,18,23H,15-16H2,1-4H3,(H,22,24);4-13H,1-3H3;5,7-8H,2-3H2,1H3,(H,6,9). The molecule has 4 rings (SSSR count). The molecule has 5 N–H and O–H groups in total. The average Bonchev–Trinajstić information content (AvgIpc) is 3.14. The van der Waals surface area contributed by atoms with Gasteiger partial charge >= 0.3 is 0 Å². The number of aliphatic hydroxyl groups excluding tert-OH is 3. The van der Waals surface area contributed by atoms with Crippen LogP contribution in [-0.4, -0.2) is 81.3 Å². The van der Waals surface area contributed by atoms with Gasteiger partial charge in [-0.25, -0.2) is 0 Å². The smallest absolute Gasteiger partial charge is 0.261 e. The second kappa shape index (κ2) is 21.3. The molecule has 1 unspecified atom stereocenters. The van der Waals surface area contributed by atoms with Crippen molar-refractivity contribution in [3.8, 4) is 0 Å². The normalized spacial score (nSPS) is 12.4. The molecule has 0 saturated heterocycles. The quantitative estimate of drug-likeness (QED) is 0.108. The van der Waals surface area contributed by atoms with Crippen LogP contribution in [0.4, 0.5) is 0 Å². The van der Waals surface area contributed by atoms with Crippen molar-refractivity contribution in [1.82, 2.24) is 10.6 Å². The van der Waals surface area contributed by atoms with E-state index in [0.717, 1.165) is 0 Å². The Morgan fingerprint density at radius 2 is 0.868 bits per heavy atom. The van der Waals surface area contributed by atoms with E-state index in [0.29, 0.717) is 0 Å². The summed E-state index contributed by atoms with van der Waals surface area (Å²) in [6.45, 7) is 15.8. The highest BCUT2D eigenvalue weighted by Gasteiger charge is 2.50. The van der Waals surface area contributed by atoms with Crippen molar-refractivity contribution in [1.29, 1.82) is 0 Å². The molecule has 0 radical (unpaired) electrons. The number of aliphatic hydroxyl groups is 3. The predicted octanol–water partition coefficient (Wildman–Crippen LogP) is 4.32. The van der Waals surface area contributed by atoms with E-state index < -0.39 is 27.8 Å². The summed E-state index contributed by atoms with van der Waals surface area (Å²) in [5.41, 5.74) is 0. The van der Waals surface area contributed by atoms with Crippen LogP contribution in [0.1, 0.15) is 55.4 Å². The van der Waals surface area contributed by atoms with Crippen LogP contribution in [0, 0.1) is 0 Å². The first-order valence-electron chi connectivity index (χ1n) is 17.9. The van der Waals surface area contributed by atoms with E-state index in [9.17, 15) is 14.7 Å². The molecule has 0 aliphatic heterocycles. The topological polar surface area (TPSA) is 128 Å². The number of amides is 2. The summed E-state index contributed by atoms with van der Waals surface area (Å²) in [5, 5.41) is 36.4. The molecule has 11 heteroatoms. The summed E-state index contributed by atoms with van der Waals surface area (Å²) < 4.78 is 6.68. The number of benzene rings is 4. The van der Waals surface area contributed by atoms with Gasteiger partial charge in [0, 0.05) is 13.8 Å². The summed E-state index contributed by atoms with van der Waals surface area (Å²) >= 11 is 7.21. The molecule has 8 nitrogen and oxygen atoms in total. The molecule has 53 heavy (non-hydrogen) atoms. The highest BCUT2D eigenvalue weighted by atomic mass is 35.6. The second-order valence-electron chi connectivity index (χ2n) is 15.0. The van der Waals surface area contributed by atoms with Crippen LogP contribution in [0.25, 0.3) is 0 Å². The largest absolute Gasteiger partial charge is 0.405 e. The monoisotopic (exact) mass is 778 g/mol. The number of hydrogen-bond acceptors (Lipinski definition) is 6. The number of carbonyl (C=O) groups is 2. The molecule has 0 fully saturated rings. The van der Waals surface area contributed by atoms with Gasteiger partial charge in [0.15, 0.2) is 0 Å². The van der Waals surface area contributed by atoms with Crippen LogP contribution in [0.2, 0.25) is 10.1 Å². The van der Waals surface area contributed by atoms with Crippen LogP contribution in [-0.2, 0) is 14.0 Å². The van der Waals surface area contributed by atoms with Crippen molar-refractivity contribution in [2.24, 2.45) is 0 Å². The van der Waals surface area contributed by atoms with Gasteiger partial charge in [-0.15, -0.1) is 0 Å². The Kier molecular flexibility index (Phi) is 18.3. The van der Waals surface area contributed by atoms with Gasteiger partial charge in [0.25, 0.3) is 8.32 Å². The third-order valence-electron chi connectivity index (χ3n) is 8.77. The summed E-state index contributed by atoms with van der Waals surface area (Å²) in [6.07, 6.45) is 0. The molecule has 4 aromatic rings. The van der Waals surface area contributed by atoms with Crippen LogP contribution < -0.4 is 31.4 Å². The number of rotatable bonds is 12.